The van der Waals surface area contributed by atoms with Gasteiger partial charge in [0.05, 0.1) is 4.92 Å². The summed E-state index contributed by atoms with van der Waals surface area (Å²) in [5, 5.41) is 44.7. The summed E-state index contributed by atoms with van der Waals surface area (Å²) in [6, 6.07) is 5.70. The monoisotopic (exact) mass is 506 g/mol. The summed E-state index contributed by atoms with van der Waals surface area (Å²) in [5.41, 5.74) is 0. The molecule has 0 spiro atoms. The molecule has 152 valence electrons. The van der Waals surface area contributed by atoms with E-state index >= 15 is 0 Å². The lowest BCUT2D eigenvalue weighted by atomic mass is 10.3. The van der Waals surface area contributed by atoms with Crippen molar-refractivity contribution in [3.05, 3.63) is 50.6 Å². The van der Waals surface area contributed by atoms with Crippen LogP contribution in [0.4, 0.5) is 5.00 Å². The lowest BCUT2D eigenvalue weighted by molar-refractivity contribution is -0.380. The first-order valence-corrected chi connectivity index (χ1v) is 11.1. The maximum atomic E-state index is 10.7. The summed E-state index contributed by atoms with van der Waals surface area (Å²) in [6.07, 6.45) is 1.17. The first-order valence-electron chi connectivity index (χ1n) is 7.32. The predicted octanol–water partition coefficient (Wildman–Crippen LogP) is 4.27. The van der Waals surface area contributed by atoms with E-state index in [0.717, 1.165) is 23.1 Å². The molecule has 2 atom stereocenters. The number of thiazole rings is 1. The lowest BCUT2D eigenvalue weighted by Gasteiger charge is -2.19. The number of hydrogen-bond donors (Lipinski definition) is 5. The van der Waals surface area contributed by atoms with Crippen molar-refractivity contribution in [2.24, 2.45) is 10.2 Å². The van der Waals surface area contributed by atoms with Crippen molar-refractivity contribution in [2.75, 3.05) is 0 Å². The van der Waals surface area contributed by atoms with E-state index in [1.165, 1.54) is 41.8 Å². The molecule has 10 nitrogen and oxygen atoms in total. The molecule has 0 saturated carbocycles. The van der Waals surface area contributed by atoms with Gasteiger partial charge in [0.1, 0.15) is 22.7 Å². The number of phenolic OH excluding ortho intramolecular Hbond substituents is 2. The zero-order chi connectivity index (χ0) is 21.2. The Hall–Kier alpha value is -1.59. The van der Waals surface area contributed by atoms with Crippen molar-refractivity contribution in [2.45, 2.75) is 12.7 Å². The highest BCUT2D eigenvalue weighted by Crippen LogP contribution is 2.61. The quantitative estimate of drug-likeness (QED) is 0.153. The van der Waals surface area contributed by atoms with E-state index in [0.29, 0.717) is 14.4 Å². The number of aromatic hydroxyl groups is 2. The average molecular weight is 507 g/mol. The van der Waals surface area contributed by atoms with Gasteiger partial charge in [0.25, 0.3) is 0 Å². The molecule has 0 saturated heterocycles. The lowest BCUT2D eigenvalue weighted by Crippen LogP contribution is -2.14. The maximum Gasteiger partial charge on any atom is 0.344 e. The van der Waals surface area contributed by atoms with E-state index in [2.05, 4.69) is 63.3 Å². The number of azo groups is 1. The van der Waals surface area contributed by atoms with Crippen LogP contribution >= 0.6 is 72.3 Å². The molecule has 1 aliphatic heterocycles. The van der Waals surface area contributed by atoms with Crippen LogP contribution in [0.25, 0.3) is 0 Å². The van der Waals surface area contributed by atoms with Crippen molar-refractivity contribution in [1.82, 2.24) is 15.2 Å². The molecule has 0 radical (unpaired) electrons. The minimum Gasteiger partial charge on any atom is -0.508 e. The van der Waals surface area contributed by atoms with Crippen LogP contribution in [0.2, 0.25) is 0 Å². The van der Waals surface area contributed by atoms with E-state index in [1.807, 2.05) is 0 Å². The SMILES string of the molecule is O=[N+]([O-])c1cnc(C2(S)N=NC(S)(c3nnc(S)s3)S2)s1.Oc1ccc(O)cc1. The standard InChI is InChI=1S/C7H4N6O2S6.C6H6O2/c14-13(15)2-1-8-3(19-2)6(17)11-12-7(18,21-6)4-9-10-5(16)20-4;7-5-1-2-6(8)4-3-5/h1,17-18H,(H,10,16);1-4,7-8H. The Labute approximate surface area is 191 Å². The Morgan fingerprint density at radius 1 is 0.966 bits per heavy atom. The first-order chi connectivity index (χ1) is 13.6. The number of aromatic nitrogens is 3. The van der Waals surface area contributed by atoms with Crippen LogP contribution in [0.1, 0.15) is 10.0 Å². The molecular formula is C13H10N6O4S6. The Morgan fingerprint density at radius 3 is 1.97 bits per heavy atom. The normalized spacial score (nSPS) is 22.9. The molecule has 1 aliphatic rings. The highest BCUT2D eigenvalue weighted by Gasteiger charge is 2.50. The van der Waals surface area contributed by atoms with Gasteiger partial charge in [-0.05, 0) is 35.6 Å². The van der Waals surface area contributed by atoms with Crippen molar-refractivity contribution in [3.8, 4) is 11.5 Å². The molecule has 0 fully saturated rings. The second kappa shape index (κ2) is 8.65. The molecule has 1 aromatic carbocycles. The van der Waals surface area contributed by atoms with Gasteiger partial charge in [0, 0.05) is 0 Å². The third-order valence-electron chi connectivity index (χ3n) is 3.10. The van der Waals surface area contributed by atoms with Crippen LogP contribution in [0.15, 0.2) is 45.0 Å². The minimum atomic E-state index is -1.15. The van der Waals surface area contributed by atoms with Gasteiger partial charge in [0.15, 0.2) is 9.35 Å². The zero-order valence-corrected chi connectivity index (χ0v) is 19.0. The summed E-state index contributed by atoms with van der Waals surface area (Å²) < 4.78 is -1.74. The second-order valence-electron chi connectivity index (χ2n) is 5.19. The number of rotatable bonds is 3. The van der Waals surface area contributed by atoms with E-state index in [1.54, 1.807) is 0 Å². The molecule has 4 rings (SSSR count). The predicted molar refractivity (Wildman–Crippen MR) is 119 cm³/mol. The fourth-order valence-corrected chi connectivity index (χ4v) is 6.12. The van der Waals surface area contributed by atoms with Gasteiger partial charge in [-0.15, -0.1) is 48.1 Å². The summed E-state index contributed by atoms with van der Waals surface area (Å²) in [5.74, 6) is 0.339. The molecule has 3 heterocycles. The van der Waals surface area contributed by atoms with Gasteiger partial charge in [0.2, 0.25) is 8.41 Å². The third-order valence-corrected chi connectivity index (χ3v) is 8.19. The van der Waals surface area contributed by atoms with Crippen LogP contribution in [0.3, 0.4) is 0 Å². The van der Waals surface area contributed by atoms with Crippen molar-refractivity contribution >= 4 is 77.3 Å². The molecule has 0 bridgehead atoms. The van der Waals surface area contributed by atoms with E-state index in [4.69, 9.17) is 10.2 Å². The number of benzene rings is 1. The van der Waals surface area contributed by atoms with Gasteiger partial charge >= 0.3 is 5.00 Å². The Balaban J connectivity index is 0.000000252. The molecule has 2 aromatic heterocycles. The van der Waals surface area contributed by atoms with Crippen LogP contribution in [0.5, 0.6) is 11.5 Å². The molecule has 29 heavy (non-hydrogen) atoms. The molecular weight excluding hydrogens is 497 g/mol. The van der Waals surface area contributed by atoms with E-state index < -0.39 is 13.3 Å². The smallest absolute Gasteiger partial charge is 0.344 e. The number of thioether (sulfide) groups is 1. The van der Waals surface area contributed by atoms with Gasteiger partial charge in [-0.25, -0.2) is 4.98 Å². The van der Waals surface area contributed by atoms with Gasteiger partial charge in [-0.2, -0.15) is 10.2 Å². The largest absolute Gasteiger partial charge is 0.508 e. The molecule has 0 amide bonds. The molecule has 16 heteroatoms. The Kier molecular flexibility index (Phi) is 6.59. The topological polar surface area (TPSA) is 147 Å². The van der Waals surface area contributed by atoms with Gasteiger partial charge in [-0.1, -0.05) is 23.1 Å². The fourth-order valence-electron chi connectivity index (χ4n) is 1.85. The number of nitrogens with zero attached hydrogens (tertiary/aromatic N) is 6. The minimum absolute atomic E-state index is 0.0838. The van der Waals surface area contributed by atoms with Crippen LogP contribution in [0, 0.1) is 10.1 Å². The molecule has 3 aromatic rings. The molecule has 2 N–H and O–H groups in total. The van der Waals surface area contributed by atoms with E-state index in [9.17, 15) is 10.1 Å². The highest BCUT2D eigenvalue weighted by atomic mass is 32.2. The highest BCUT2D eigenvalue weighted by molar-refractivity contribution is 8.18. The van der Waals surface area contributed by atoms with Crippen LogP contribution in [-0.2, 0) is 8.41 Å². The van der Waals surface area contributed by atoms with Crippen molar-refractivity contribution in [1.29, 1.82) is 0 Å². The zero-order valence-electron chi connectivity index (χ0n) is 13.8. The van der Waals surface area contributed by atoms with Gasteiger partial charge in [-0.3, -0.25) is 10.1 Å². The first kappa shape index (κ1) is 22.1. The van der Waals surface area contributed by atoms with Crippen LogP contribution < -0.4 is 0 Å². The van der Waals surface area contributed by atoms with Crippen LogP contribution in [-0.4, -0.2) is 30.3 Å². The summed E-state index contributed by atoms with van der Waals surface area (Å²) >= 11 is 16.3. The van der Waals surface area contributed by atoms with Crippen molar-refractivity contribution in [3.63, 3.8) is 0 Å². The molecule has 0 aliphatic carbocycles. The van der Waals surface area contributed by atoms with E-state index in [-0.39, 0.29) is 16.5 Å². The number of thiol groups is 3. The number of hydrogen-bond acceptors (Lipinski definition) is 15. The Morgan fingerprint density at radius 2 is 1.52 bits per heavy atom. The summed E-state index contributed by atoms with van der Waals surface area (Å²) in [6.45, 7) is 0. The van der Waals surface area contributed by atoms with Crippen molar-refractivity contribution < 1.29 is 15.1 Å². The maximum absolute atomic E-state index is 10.7. The third kappa shape index (κ3) is 5.13. The number of phenols is 2. The summed E-state index contributed by atoms with van der Waals surface area (Å²) in [7, 11) is 0. The molecule has 2 unspecified atom stereocenters. The number of nitro groups is 1. The second-order valence-corrected chi connectivity index (χ2v) is 11.2. The fraction of sp³-hybridized carbons (Fsp3) is 0.154. The summed E-state index contributed by atoms with van der Waals surface area (Å²) in [4.78, 5) is 14.2. The Bertz CT molecular complexity index is 1040. The average Bonchev–Trinajstić information content (AvgIpc) is 3.38. The van der Waals surface area contributed by atoms with Gasteiger partial charge < -0.3 is 10.2 Å².